The summed E-state index contributed by atoms with van der Waals surface area (Å²) in [6.45, 7) is 6.77. The molecule has 3 amide bonds. The second-order valence-corrected chi connectivity index (χ2v) is 11.6. The lowest BCUT2D eigenvalue weighted by molar-refractivity contribution is -0.149. The number of anilines is 3. The van der Waals surface area contributed by atoms with E-state index in [2.05, 4.69) is 6.58 Å². The minimum atomic E-state index is -1.26. The third kappa shape index (κ3) is 3.63. The van der Waals surface area contributed by atoms with Gasteiger partial charge < -0.3 is 19.6 Å². The Morgan fingerprint density at radius 3 is 2.73 bits per heavy atom. The first kappa shape index (κ1) is 25.9. The molecule has 0 aromatic heterocycles. The van der Waals surface area contributed by atoms with E-state index in [1.807, 2.05) is 61.5 Å². The first-order valence-electron chi connectivity index (χ1n) is 14.4. The molecule has 0 aliphatic carbocycles. The van der Waals surface area contributed by atoms with Gasteiger partial charge >= 0.3 is 0 Å². The van der Waals surface area contributed by atoms with Crippen molar-refractivity contribution in [2.45, 2.75) is 50.4 Å². The van der Waals surface area contributed by atoms with Crippen molar-refractivity contribution in [2.24, 2.45) is 5.92 Å². The molecule has 8 heteroatoms. The van der Waals surface area contributed by atoms with Crippen LogP contribution in [0.1, 0.15) is 48.5 Å². The number of fused-ring (bicyclic) bond motifs is 2. The fourth-order valence-corrected chi connectivity index (χ4v) is 7.47. The second-order valence-electron chi connectivity index (χ2n) is 11.6. The van der Waals surface area contributed by atoms with Crippen LogP contribution in [0.15, 0.2) is 67.3 Å². The summed E-state index contributed by atoms with van der Waals surface area (Å²) in [4.78, 5) is 46.2. The highest BCUT2D eigenvalue weighted by Crippen LogP contribution is 2.55. The Morgan fingerprint density at radius 2 is 1.95 bits per heavy atom. The van der Waals surface area contributed by atoms with Gasteiger partial charge in [-0.2, -0.15) is 0 Å². The molecule has 4 aliphatic rings. The van der Waals surface area contributed by atoms with Gasteiger partial charge in [-0.3, -0.25) is 19.3 Å². The van der Waals surface area contributed by atoms with Crippen molar-refractivity contribution >= 4 is 45.6 Å². The highest BCUT2D eigenvalue weighted by atomic mass is 16.5. The van der Waals surface area contributed by atoms with Gasteiger partial charge in [0.05, 0.1) is 42.1 Å². The molecule has 1 spiro atoms. The molecule has 1 N–H and O–H groups in total. The molecule has 0 unspecified atom stereocenters. The zero-order chi connectivity index (χ0) is 28.5. The molecular formula is C33H33N3O5. The number of ether oxygens (including phenoxy) is 1. The standard InChI is InChI=1S/C33H33N3O5/c1-3-14-35-27-13-12-22(36-28-11-5-8-21-7-4-10-25(30(21)28)31(36)39)17-26(27)33(32(35)40)20(2)16-24(41-33)18-29(38)34-15-6-9-23(34)19-37/h3-5,7-8,10-13,17,20,23-24,37H,1,6,9,14-16,18-19H2,2H3/t20-,23-,24-,33+/m0/s1. The molecule has 3 aromatic rings. The lowest BCUT2D eigenvalue weighted by Gasteiger charge is -2.29. The molecule has 4 aliphatic heterocycles. The molecule has 210 valence electrons. The first-order valence-corrected chi connectivity index (χ1v) is 14.4. The maximum atomic E-state index is 14.1. The van der Waals surface area contributed by atoms with Crippen LogP contribution in [0.5, 0.6) is 0 Å². The predicted molar refractivity (Wildman–Crippen MR) is 156 cm³/mol. The maximum absolute atomic E-state index is 14.1. The SMILES string of the molecule is C=CCN1C(=O)[C@]2(O[C@H](CC(=O)N3CCC[C@H]3CO)C[C@@H]2C)c2cc(N3C(=O)c4cccc5cccc3c45)ccc21. The van der Waals surface area contributed by atoms with Crippen molar-refractivity contribution in [1.82, 2.24) is 4.90 Å². The number of aliphatic hydroxyl groups excluding tert-OH is 1. The zero-order valence-electron chi connectivity index (χ0n) is 23.1. The fourth-order valence-electron chi connectivity index (χ4n) is 7.47. The van der Waals surface area contributed by atoms with Crippen LogP contribution in [0.25, 0.3) is 10.8 Å². The Kier molecular flexibility index (Phi) is 6.03. The van der Waals surface area contributed by atoms with Crippen LogP contribution >= 0.6 is 0 Å². The molecule has 4 heterocycles. The molecule has 0 bridgehead atoms. The average Bonchev–Trinajstić information content (AvgIpc) is 3.71. The third-order valence-corrected chi connectivity index (χ3v) is 9.33. The van der Waals surface area contributed by atoms with Gasteiger partial charge in [0.1, 0.15) is 0 Å². The van der Waals surface area contributed by atoms with Gasteiger partial charge in [-0.1, -0.05) is 37.3 Å². The fraction of sp³-hybridized carbons (Fsp3) is 0.364. The van der Waals surface area contributed by atoms with Crippen LogP contribution in [-0.2, 0) is 19.9 Å². The average molecular weight is 552 g/mol. The number of carbonyl (C=O) groups is 3. The summed E-state index contributed by atoms with van der Waals surface area (Å²) in [5.41, 5.74) is 2.34. The van der Waals surface area contributed by atoms with Crippen molar-refractivity contribution in [3.8, 4) is 0 Å². The highest BCUT2D eigenvalue weighted by Gasteiger charge is 2.60. The summed E-state index contributed by atoms with van der Waals surface area (Å²) in [5, 5.41) is 11.6. The molecular weight excluding hydrogens is 518 g/mol. The van der Waals surface area contributed by atoms with Gasteiger partial charge in [0.15, 0.2) is 5.60 Å². The lowest BCUT2D eigenvalue weighted by Crippen LogP contribution is -2.44. The van der Waals surface area contributed by atoms with E-state index in [0.29, 0.717) is 30.8 Å². The first-order chi connectivity index (χ1) is 19.9. The monoisotopic (exact) mass is 551 g/mol. The summed E-state index contributed by atoms with van der Waals surface area (Å²) in [6, 6.07) is 17.2. The largest absolute Gasteiger partial charge is 0.394 e. The van der Waals surface area contributed by atoms with E-state index in [4.69, 9.17) is 4.74 Å². The number of hydrogen-bond donors (Lipinski definition) is 1. The van der Waals surface area contributed by atoms with Crippen LogP contribution < -0.4 is 9.80 Å². The Labute approximate surface area is 238 Å². The van der Waals surface area contributed by atoms with Gasteiger partial charge in [-0.25, -0.2) is 0 Å². The summed E-state index contributed by atoms with van der Waals surface area (Å²) in [5.74, 6) is -0.518. The number of amides is 3. The minimum absolute atomic E-state index is 0.0461. The summed E-state index contributed by atoms with van der Waals surface area (Å²) < 4.78 is 6.66. The zero-order valence-corrected chi connectivity index (χ0v) is 23.1. The van der Waals surface area contributed by atoms with E-state index >= 15 is 0 Å². The van der Waals surface area contributed by atoms with Crippen LogP contribution in [0.3, 0.4) is 0 Å². The molecule has 7 rings (SSSR count). The molecule has 8 nitrogen and oxygen atoms in total. The van der Waals surface area contributed by atoms with E-state index in [1.165, 1.54) is 0 Å². The van der Waals surface area contributed by atoms with Crippen LogP contribution in [0, 0.1) is 5.92 Å². The number of rotatable bonds is 6. The van der Waals surface area contributed by atoms with Crippen molar-refractivity contribution in [2.75, 3.05) is 29.5 Å². The van der Waals surface area contributed by atoms with Crippen LogP contribution in [0.2, 0.25) is 0 Å². The van der Waals surface area contributed by atoms with E-state index < -0.39 is 11.7 Å². The van der Waals surface area contributed by atoms with Gasteiger partial charge in [0, 0.05) is 35.6 Å². The predicted octanol–water partition coefficient (Wildman–Crippen LogP) is 4.66. The third-order valence-electron chi connectivity index (χ3n) is 9.33. The van der Waals surface area contributed by atoms with Crippen molar-refractivity contribution in [3.05, 3.63) is 78.4 Å². The molecule has 2 fully saturated rings. The summed E-state index contributed by atoms with van der Waals surface area (Å²) in [7, 11) is 0. The van der Waals surface area contributed by atoms with Gasteiger partial charge in [-0.15, -0.1) is 6.58 Å². The van der Waals surface area contributed by atoms with Crippen molar-refractivity contribution in [3.63, 3.8) is 0 Å². The van der Waals surface area contributed by atoms with E-state index in [1.54, 1.807) is 20.8 Å². The molecule has 4 atom stereocenters. The summed E-state index contributed by atoms with van der Waals surface area (Å²) >= 11 is 0. The molecule has 0 radical (unpaired) electrons. The second kappa shape index (κ2) is 9.53. The van der Waals surface area contributed by atoms with Gasteiger partial charge in [-0.05, 0) is 55.0 Å². The maximum Gasteiger partial charge on any atom is 0.264 e. The number of carbonyl (C=O) groups excluding carboxylic acids is 3. The number of likely N-dealkylation sites (tertiary alicyclic amines) is 1. The topological polar surface area (TPSA) is 90.4 Å². The van der Waals surface area contributed by atoms with Crippen molar-refractivity contribution in [1.29, 1.82) is 0 Å². The minimum Gasteiger partial charge on any atom is -0.394 e. The van der Waals surface area contributed by atoms with Crippen LogP contribution in [0.4, 0.5) is 17.1 Å². The van der Waals surface area contributed by atoms with Gasteiger partial charge in [0.2, 0.25) is 5.91 Å². The van der Waals surface area contributed by atoms with Crippen LogP contribution in [-0.4, -0.2) is 59.6 Å². The quantitative estimate of drug-likeness (QED) is 0.450. The van der Waals surface area contributed by atoms with E-state index in [-0.39, 0.29) is 42.7 Å². The number of hydrogen-bond acceptors (Lipinski definition) is 5. The summed E-state index contributed by atoms with van der Waals surface area (Å²) in [6.07, 6.45) is 3.64. The Hall–Kier alpha value is -4.01. The van der Waals surface area contributed by atoms with E-state index in [9.17, 15) is 19.5 Å². The number of benzene rings is 3. The number of aliphatic hydroxyl groups is 1. The normalized spacial score (nSPS) is 26.6. The van der Waals surface area contributed by atoms with Crippen molar-refractivity contribution < 1.29 is 24.2 Å². The molecule has 2 saturated heterocycles. The number of nitrogens with zero attached hydrogens (tertiary/aromatic N) is 3. The Morgan fingerprint density at radius 1 is 1.15 bits per heavy atom. The molecule has 0 saturated carbocycles. The Bertz CT molecular complexity index is 1610. The van der Waals surface area contributed by atoms with Gasteiger partial charge in [0.25, 0.3) is 11.8 Å². The molecule has 3 aromatic carbocycles. The molecule has 41 heavy (non-hydrogen) atoms. The highest BCUT2D eigenvalue weighted by molar-refractivity contribution is 6.28. The van der Waals surface area contributed by atoms with E-state index in [0.717, 1.165) is 40.6 Å². The lowest BCUT2D eigenvalue weighted by atomic mass is 9.82. The Balaban J connectivity index is 1.27. The smallest absolute Gasteiger partial charge is 0.264 e.